The maximum absolute atomic E-state index is 13.8. The Balaban J connectivity index is 1.59. The van der Waals surface area contributed by atoms with Crippen LogP contribution in [0.3, 0.4) is 0 Å². The van der Waals surface area contributed by atoms with Crippen molar-refractivity contribution >= 4 is 22.7 Å². The third-order valence-electron chi connectivity index (χ3n) is 5.43. The molecule has 0 spiro atoms. The first-order valence-corrected chi connectivity index (χ1v) is 10.2. The summed E-state index contributed by atoms with van der Waals surface area (Å²) in [4.78, 5) is 22.9. The van der Waals surface area contributed by atoms with Crippen molar-refractivity contribution in [1.29, 1.82) is 0 Å². The fourth-order valence-corrected chi connectivity index (χ4v) is 3.71. The number of fused-ring (bicyclic) bond motifs is 1. The molecule has 1 aliphatic rings. The molecule has 3 heterocycles. The molecule has 0 N–H and O–H groups in total. The Bertz CT molecular complexity index is 1140. The predicted octanol–water partition coefficient (Wildman–Crippen LogP) is 4.71. The highest BCUT2D eigenvalue weighted by molar-refractivity contribution is 5.94. The van der Waals surface area contributed by atoms with Gasteiger partial charge in [-0.25, -0.2) is 14.8 Å². The van der Waals surface area contributed by atoms with E-state index in [9.17, 15) is 18.0 Å². The number of aryl methyl sites for hydroxylation is 1. The number of carbonyl (C=O) groups is 1. The highest BCUT2D eigenvalue weighted by Crippen LogP contribution is 2.39. The van der Waals surface area contributed by atoms with Gasteiger partial charge in [-0.15, -0.1) is 0 Å². The summed E-state index contributed by atoms with van der Waals surface area (Å²) < 4.78 is 52.1. The number of carbonyl (C=O) groups excluding carboxylic acids is 1. The average Bonchev–Trinajstić information content (AvgIpc) is 2.78. The number of halogens is 3. The average molecular weight is 445 g/mol. The van der Waals surface area contributed by atoms with Crippen molar-refractivity contribution in [3.05, 3.63) is 65.0 Å². The molecule has 2 aromatic heterocycles. The van der Waals surface area contributed by atoms with Crippen LogP contribution < -0.4 is 4.90 Å². The van der Waals surface area contributed by atoms with Crippen molar-refractivity contribution in [2.24, 2.45) is 0 Å². The van der Waals surface area contributed by atoms with Crippen molar-refractivity contribution in [2.75, 3.05) is 31.2 Å². The molecule has 1 aromatic carbocycles. The van der Waals surface area contributed by atoms with Crippen LogP contribution in [0.4, 0.5) is 18.9 Å². The summed E-state index contributed by atoms with van der Waals surface area (Å²) in [6.07, 6.45) is -3.82. The molecule has 168 valence electrons. The number of esters is 1. The minimum Gasteiger partial charge on any atom is -0.454 e. The maximum Gasteiger partial charge on any atom is 0.418 e. The van der Waals surface area contributed by atoms with E-state index in [1.807, 2.05) is 0 Å². The van der Waals surface area contributed by atoms with Gasteiger partial charge in [-0.05, 0) is 49.7 Å². The van der Waals surface area contributed by atoms with E-state index in [0.717, 1.165) is 6.07 Å². The second-order valence-corrected chi connectivity index (χ2v) is 7.59. The normalized spacial score (nSPS) is 15.6. The summed E-state index contributed by atoms with van der Waals surface area (Å²) in [5.41, 5.74) is 0.795. The van der Waals surface area contributed by atoms with E-state index in [1.165, 1.54) is 6.07 Å². The largest absolute Gasteiger partial charge is 0.454 e. The van der Waals surface area contributed by atoms with Gasteiger partial charge in [0.25, 0.3) is 0 Å². The summed E-state index contributed by atoms with van der Waals surface area (Å²) in [6, 6.07) is 9.18. The van der Waals surface area contributed by atoms with Gasteiger partial charge in [0.05, 0.1) is 30.0 Å². The van der Waals surface area contributed by atoms with Gasteiger partial charge in [-0.2, -0.15) is 13.2 Å². The van der Waals surface area contributed by atoms with Crippen molar-refractivity contribution in [2.45, 2.75) is 26.1 Å². The number of rotatable bonds is 4. The van der Waals surface area contributed by atoms with Crippen LogP contribution in [0.1, 0.15) is 40.2 Å². The molecular weight excluding hydrogens is 423 g/mol. The fourth-order valence-electron chi connectivity index (χ4n) is 3.71. The van der Waals surface area contributed by atoms with Crippen molar-refractivity contribution in [1.82, 2.24) is 9.97 Å². The predicted molar refractivity (Wildman–Crippen MR) is 113 cm³/mol. The molecule has 1 saturated heterocycles. The molecular formula is C23H22F3N3O3. The van der Waals surface area contributed by atoms with Gasteiger partial charge in [0.2, 0.25) is 0 Å². The highest BCUT2D eigenvalue weighted by atomic mass is 19.4. The number of alkyl halides is 3. The number of benzene rings is 1. The second kappa shape index (κ2) is 8.74. The van der Waals surface area contributed by atoms with Gasteiger partial charge in [-0.3, -0.25) is 0 Å². The molecule has 6 nitrogen and oxygen atoms in total. The van der Waals surface area contributed by atoms with E-state index in [1.54, 1.807) is 49.2 Å². The molecule has 0 amide bonds. The third-order valence-corrected chi connectivity index (χ3v) is 5.43. The number of morpholine rings is 1. The zero-order valence-corrected chi connectivity index (χ0v) is 17.6. The molecule has 3 aromatic rings. The lowest BCUT2D eigenvalue weighted by Gasteiger charge is -2.31. The van der Waals surface area contributed by atoms with Crippen LogP contribution in [0.5, 0.6) is 0 Å². The van der Waals surface area contributed by atoms with Crippen LogP contribution in [-0.2, 0) is 15.7 Å². The fraction of sp³-hybridized carbons (Fsp3) is 0.348. The first-order chi connectivity index (χ1) is 15.2. The molecule has 0 aliphatic carbocycles. The molecule has 1 aliphatic heterocycles. The highest BCUT2D eigenvalue weighted by Gasteiger charge is 2.36. The maximum atomic E-state index is 13.8. The molecule has 0 radical (unpaired) electrons. The van der Waals surface area contributed by atoms with E-state index in [4.69, 9.17) is 9.47 Å². The van der Waals surface area contributed by atoms with Crippen LogP contribution in [0.2, 0.25) is 0 Å². The van der Waals surface area contributed by atoms with Gasteiger partial charge in [0.1, 0.15) is 6.10 Å². The SMILES string of the molecule is Cc1nc2ncccc2cc1C(=O)OC(C)c1ccc(N2CCOCC2)c(C(F)(F)F)c1. The quantitative estimate of drug-likeness (QED) is 0.542. The Morgan fingerprint density at radius 3 is 2.66 bits per heavy atom. The van der Waals surface area contributed by atoms with Gasteiger partial charge >= 0.3 is 12.1 Å². The number of anilines is 1. The van der Waals surface area contributed by atoms with Crippen LogP contribution in [0.15, 0.2) is 42.6 Å². The number of pyridine rings is 2. The van der Waals surface area contributed by atoms with E-state index in [2.05, 4.69) is 9.97 Å². The second-order valence-electron chi connectivity index (χ2n) is 7.59. The van der Waals surface area contributed by atoms with Crippen molar-refractivity contribution in [3.8, 4) is 0 Å². The first kappa shape index (κ1) is 22.0. The van der Waals surface area contributed by atoms with Crippen molar-refractivity contribution < 1.29 is 27.4 Å². The number of aromatic nitrogens is 2. The molecule has 0 bridgehead atoms. The summed E-state index contributed by atoms with van der Waals surface area (Å²) in [5.74, 6) is -0.654. The summed E-state index contributed by atoms with van der Waals surface area (Å²) in [5, 5.41) is 0.673. The molecule has 4 rings (SSSR count). The van der Waals surface area contributed by atoms with Gasteiger partial charge in [0.15, 0.2) is 5.65 Å². The molecule has 0 saturated carbocycles. The van der Waals surface area contributed by atoms with E-state index >= 15 is 0 Å². The Kier molecular flexibility index (Phi) is 6.01. The topological polar surface area (TPSA) is 64.5 Å². The summed E-state index contributed by atoms with van der Waals surface area (Å²) >= 11 is 0. The van der Waals surface area contributed by atoms with Crippen LogP contribution in [-0.4, -0.2) is 42.2 Å². The number of ether oxygens (including phenoxy) is 2. The zero-order valence-electron chi connectivity index (χ0n) is 17.6. The monoisotopic (exact) mass is 445 g/mol. The molecule has 32 heavy (non-hydrogen) atoms. The standard InChI is InChI=1S/C23H22F3N3O3/c1-14-18(12-17-4-3-7-27-21(17)28-14)22(30)32-15(2)16-5-6-20(19(13-16)23(24,25)26)29-8-10-31-11-9-29/h3-7,12-13,15H,8-11H2,1-2H3. The molecule has 1 fully saturated rings. The Hall–Kier alpha value is -3.20. The first-order valence-electron chi connectivity index (χ1n) is 10.2. The lowest BCUT2D eigenvalue weighted by atomic mass is 10.0. The number of nitrogens with zero attached hydrogens (tertiary/aromatic N) is 3. The lowest BCUT2D eigenvalue weighted by molar-refractivity contribution is -0.137. The van der Waals surface area contributed by atoms with Gasteiger partial charge < -0.3 is 14.4 Å². The molecule has 1 unspecified atom stereocenters. The summed E-state index contributed by atoms with van der Waals surface area (Å²) in [7, 11) is 0. The number of hydrogen-bond acceptors (Lipinski definition) is 6. The van der Waals surface area contributed by atoms with Gasteiger partial charge in [0, 0.05) is 30.4 Å². The smallest absolute Gasteiger partial charge is 0.418 e. The Labute approximate surface area is 183 Å². The summed E-state index contributed by atoms with van der Waals surface area (Å²) in [6.45, 7) is 4.73. The third kappa shape index (κ3) is 4.52. The van der Waals surface area contributed by atoms with E-state index in [-0.39, 0.29) is 16.8 Å². The molecule has 1 atom stereocenters. The Morgan fingerprint density at radius 1 is 1.19 bits per heavy atom. The number of hydrogen-bond donors (Lipinski definition) is 0. The van der Waals surface area contributed by atoms with E-state index in [0.29, 0.717) is 43.0 Å². The Morgan fingerprint density at radius 2 is 1.94 bits per heavy atom. The van der Waals surface area contributed by atoms with E-state index < -0.39 is 23.8 Å². The lowest BCUT2D eigenvalue weighted by Crippen LogP contribution is -2.37. The molecule has 9 heteroatoms. The van der Waals surface area contributed by atoms with Crippen LogP contribution in [0.25, 0.3) is 11.0 Å². The van der Waals surface area contributed by atoms with Crippen LogP contribution >= 0.6 is 0 Å². The van der Waals surface area contributed by atoms with Gasteiger partial charge in [-0.1, -0.05) is 6.07 Å². The minimum absolute atomic E-state index is 0.102. The minimum atomic E-state index is -4.54. The zero-order chi connectivity index (χ0) is 22.9. The van der Waals surface area contributed by atoms with Crippen LogP contribution in [0, 0.1) is 6.92 Å². The van der Waals surface area contributed by atoms with Crippen molar-refractivity contribution in [3.63, 3.8) is 0 Å².